The Balaban J connectivity index is 0.00000144. The average Bonchev–Trinajstić information content (AvgIpc) is 3.12. The number of hydrogen-bond acceptors (Lipinski definition) is 2. The summed E-state index contributed by atoms with van der Waals surface area (Å²) in [6.45, 7) is 2.42. The van der Waals surface area contributed by atoms with Crippen LogP contribution in [0.25, 0.3) is 0 Å². The molecule has 4 saturated carbocycles. The number of benzene rings is 1. The maximum absolute atomic E-state index is 13.2. The first-order chi connectivity index (χ1) is 14.3. The van der Waals surface area contributed by atoms with Crippen LogP contribution in [0.15, 0.2) is 24.3 Å². The Labute approximate surface area is 194 Å². The number of amides is 1. The Morgan fingerprint density at radius 3 is 2.31 bits per heavy atom. The molecule has 1 saturated heterocycles. The van der Waals surface area contributed by atoms with Gasteiger partial charge in [0, 0.05) is 31.1 Å². The predicted molar refractivity (Wildman–Crippen MR) is 120 cm³/mol. The Morgan fingerprint density at radius 1 is 1.09 bits per heavy atom. The molecule has 1 unspecified atom stereocenters. The summed E-state index contributed by atoms with van der Waals surface area (Å²) in [7, 11) is 0. The van der Waals surface area contributed by atoms with Gasteiger partial charge in [-0.2, -0.15) is 13.2 Å². The van der Waals surface area contributed by atoms with E-state index in [4.69, 9.17) is 0 Å². The third kappa shape index (κ3) is 5.10. The van der Waals surface area contributed by atoms with E-state index in [1.54, 1.807) is 6.07 Å². The molecule has 5 aliphatic rings. The Kier molecular flexibility index (Phi) is 7.52. The number of carbonyl (C=O) groups is 1. The molecule has 5 fully saturated rings. The van der Waals surface area contributed by atoms with Crippen LogP contribution >= 0.6 is 12.4 Å². The van der Waals surface area contributed by atoms with E-state index in [1.807, 2.05) is 0 Å². The minimum Gasteiger partial charge on any atom is -0.412 e. The second-order valence-corrected chi connectivity index (χ2v) is 10.4. The van der Waals surface area contributed by atoms with Gasteiger partial charge < -0.3 is 15.7 Å². The number of likely N-dealkylation sites (tertiary alicyclic amines) is 1. The van der Waals surface area contributed by atoms with E-state index in [-0.39, 0.29) is 35.2 Å². The molecule has 0 aromatic heterocycles. The number of hydrogen-bond donors (Lipinski definition) is 1. The molecule has 3 N–H and O–H groups in total. The van der Waals surface area contributed by atoms with Crippen LogP contribution in [0.4, 0.5) is 13.2 Å². The summed E-state index contributed by atoms with van der Waals surface area (Å²) in [5, 5.41) is 3.36. The summed E-state index contributed by atoms with van der Waals surface area (Å²) < 4.78 is 38.7. The van der Waals surface area contributed by atoms with Gasteiger partial charge in [0.15, 0.2) is 0 Å². The fraction of sp³-hybridized carbons (Fsp3) is 0.708. The van der Waals surface area contributed by atoms with Crippen molar-refractivity contribution >= 4 is 18.3 Å². The molecule has 8 heteroatoms. The van der Waals surface area contributed by atoms with Gasteiger partial charge in [-0.05, 0) is 80.8 Å². The van der Waals surface area contributed by atoms with Gasteiger partial charge in [0.05, 0.1) is 5.56 Å². The largest absolute Gasteiger partial charge is 0.416 e. The van der Waals surface area contributed by atoms with E-state index >= 15 is 0 Å². The Hall–Kier alpha value is -1.31. The average molecular weight is 475 g/mol. The lowest BCUT2D eigenvalue weighted by Gasteiger charge is -2.55. The zero-order valence-electron chi connectivity index (χ0n) is 18.3. The van der Waals surface area contributed by atoms with Crippen LogP contribution in [0.2, 0.25) is 0 Å². The quantitative estimate of drug-likeness (QED) is 0.693. The van der Waals surface area contributed by atoms with Crippen molar-refractivity contribution in [1.29, 1.82) is 0 Å². The van der Waals surface area contributed by atoms with E-state index < -0.39 is 11.7 Å². The molecule has 1 amide bonds. The van der Waals surface area contributed by atoms with E-state index in [0.29, 0.717) is 12.0 Å². The van der Waals surface area contributed by atoms with Gasteiger partial charge in [-0.25, -0.2) is 0 Å². The number of carbonyl (C=O) groups excluding carboxylic acids is 1. The van der Waals surface area contributed by atoms with E-state index in [0.717, 1.165) is 69.1 Å². The van der Waals surface area contributed by atoms with Crippen molar-refractivity contribution < 1.29 is 23.4 Å². The number of nitrogens with one attached hydrogen (secondary N) is 1. The number of rotatable bonds is 5. The lowest BCUT2D eigenvalue weighted by Crippen LogP contribution is -2.55. The maximum atomic E-state index is 13.2. The van der Waals surface area contributed by atoms with Crippen molar-refractivity contribution in [2.45, 2.75) is 63.6 Å². The molecule has 1 aromatic carbocycles. The molecule has 4 aliphatic carbocycles. The summed E-state index contributed by atoms with van der Waals surface area (Å²) in [4.78, 5) is 15.5. The molecule has 32 heavy (non-hydrogen) atoms. The van der Waals surface area contributed by atoms with Crippen molar-refractivity contribution in [1.82, 2.24) is 10.2 Å². The van der Waals surface area contributed by atoms with Crippen LogP contribution in [0, 0.1) is 23.2 Å². The fourth-order valence-electron chi connectivity index (χ4n) is 7.07. The molecule has 0 radical (unpaired) electrons. The van der Waals surface area contributed by atoms with Crippen molar-refractivity contribution in [3.8, 4) is 0 Å². The lowest BCUT2D eigenvalue weighted by atomic mass is 9.49. The Bertz CT molecular complexity index is 781. The van der Waals surface area contributed by atoms with Crippen LogP contribution in [-0.4, -0.2) is 42.0 Å². The highest BCUT2D eigenvalue weighted by Gasteiger charge is 2.54. The first-order valence-electron chi connectivity index (χ1n) is 11.5. The van der Waals surface area contributed by atoms with Gasteiger partial charge in [0.2, 0.25) is 5.91 Å². The molecule has 1 atom stereocenters. The molecular formula is C24H34ClF3N2O2. The molecule has 4 bridgehead atoms. The van der Waals surface area contributed by atoms with Crippen LogP contribution in [0.3, 0.4) is 0 Å². The van der Waals surface area contributed by atoms with Crippen LogP contribution in [0.5, 0.6) is 0 Å². The highest BCUT2D eigenvalue weighted by molar-refractivity contribution is 5.85. The molecule has 4 nitrogen and oxygen atoms in total. The number of nitrogens with zero attached hydrogens (tertiary/aromatic N) is 1. The molecule has 1 aromatic rings. The minimum absolute atomic E-state index is 0. The van der Waals surface area contributed by atoms with Gasteiger partial charge in [-0.3, -0.25) is 4.79 Å². The van der Waals surface area contributed by atoms with Crippen LogP contribution in [-0.2, 0) is 17.4 Å². The van der Waals surface area contributed by atoms with Gasteiger partial charge in [-0.15, -0.1) is 12.4 Å². The van der Waals surface area contributed by atoms with Gasteiger partial charge in [0.25, 0.3) is 0 Å². The molecule has 1 aliphatic heterocycles. The van der Waals surface area contributed by atoms with Crippen molar-refractivity contribution in [2.75, 3.05) is 19.6 Å². The normalized spacial score (nSPS) is 33.5. The molecule has 0 spiro atoms. The number of alkyl halides is 3. The fourth-order valence-corrected chi connectivity index (χ4v) is 7.07. The van der Waals surface area contributed by atoms with Gasteiger partial charge in [0.1, 0.15) is 0 Å². The molecular weight excluding hydrogens is 441 g/mol. The third-order valence-electron chi connectivity index (χ3n) is 8.10. The number of halogens is 4. The Morgan fingerprint density at radius 2 is 1.72 bits per heavy atom. The summed E-state index contributed by atoms with van der Waals surface area (Å²) >= 11 is 0. The summed E-state index contributed by atoms with van der Waals surface area (Å²) in [6.07, 6.45) is 4.47. The second kappa shape index (κ2) is 9.51. The molecule has 1 heterocycles. The van der Waals surface area contributed by atoms with Crippen LogP contribution in [0.1, 0.15) is 56.1 Å². The maximum Gasteiger partial charge on any atom is 0.416 e. The van der Waals surface area contributed by atoms with Crippen LogP contribution < -0.4 is 5.32 Å². The first-order valence-corrected chi connectivity index (χ1v) is 11.5. The highest BCUT2D eigenvalue weighted by Crippen LogP contribution is 2.60. The van der Waals surface area contributed by atoms with E-state index in [9.17, 15) is 18.0 Å². The monoisotopic (exact) mass is 474 g/mol. The summed E-state index contributed by atoms with van der Waals surface area (Å²) in [5.74, 6) is 2.56. The van der Waals surface area contributed by atoms with Gasteiger partial charge in [-0.1, -0.05) is 18.2 Å². The SMILES string of the molecule is Cl.O.O=C(NC1CCN(CCc2cccc(C(F)(F)F)c2)C1)C12CC3CC(CC(C3)C1)C2. The first kappa shape index (κ1) is 25.3. The lowest BCUT2D eigenvalue weighted by molar-refractivity contribution is -0.147. The smallest absolute Gasteiger partial charge is 0.412 e. The molecule has 6 rings (SSSR count). The van der Waals surface area contributed by atoms with Crippen molar-refractivity contribution in [2.24, 2.45) is 23.2 Å². The van der Waals surface area contributed by atoms with Crippen molar-refractivity contribution in [3.05, 3.63) is 35.4 Å². The third-order valence-corrected chi connectivity index (χ3v) is 8.10. The van der Waals surface area contributed by atoms with Gasteiger partial charge >= 0.3 is 6.18 Å². The highest BCUT2D eigenvalue weighted by atomic mass is 35.5. The van der Waals surface area contributed by atoms with E-state index in [1.165, 1.54) is 31.4 Å². The summed E-state index contributed by atoms with van der Waals surface area (Å²) in [6, 6.07) is 5.79. The topological polar surface area (TPSA) is 63.8 Å². The van der Waals surface area contributed by atoms with E-state index in [2.05, 4.69) is 10.2 Å². The predicted octanol–water partition coefficient (Wildman–Crippen LogP) is 4.25. The minimum atomic E-state index is -4.30. The molecule has 180 valence electrons. The zero-order valence-corrected chi connectivity index (χ0v) is 19.1. The summed E-state index contributed by atoms with van der Waals surface area (Å²) in [5.41, 5.74) is 0.0215. The standard InChI is InChI=1S/C24H31F3N2O.ClH.H2O/c25-24(26,27)20-3-1-2-16(11-20)4-6-29-7-5-21(15-29)28-22(30)23-12-17-8-18(13-23)10-19(9-17)14-23;;/h1-3,11,17-19,21H,4-10,12-15H2,(H,28,30);1H;1H2. The zero-order chi connectivity index (χ0) is 20.9. The van der Waals surface area contributed by atoms with Crippen molar-refractivity contribution in [3.63, 3.8) is 0 Å². The second-order valence-electron chi connectivity index (χ2n) is 10.4.